The van der Waals surface area contributed by atoms with Gasteiger partial charge >= 0.3 is 11.9 Å². The number of nitrogens with zero attached hydrogens (tertiary/aromatic N) is 2. The molecule has 1 rings (SSSR count). The molecule has 1 aromatic rings. The molecule has 1 aromatic carbocycles. The van der Waals surface area contributed by atoms with Crippen molar-refractivity contribution < 1.29 is 77.6 Å². The summed E-state index contributed by atoms with van der Waals surface area (Å²) >= 11 is 0. The molecule has 0 unspecified atom stereocenters. The van der Waals surface area contributed by atoms with Gasteiger partial charge < -0.3 is 109 Å². The van der Waals surface area contributed by atoms with E-state index in [0.29, 0.717) is 12.8 Å². The average Bonchev–Trinajstić information content (AvgIpc) is 1.31. The van der Waals surface area contributed by atoms with E-state index in [0.717, 1.165) is 12.5 Å². The SMILES string of the molecule is CC[C@H](C)[C@H](NC(=O)[C@H](CC(=O)O)NC(=O)[C@H](CC(C)C)NC(=O)[C@H](CCCN=C(N)N)NC(=O)[C@@H](NC(=O)CNC(=O)[C@H](CCC(N)=O)NC(=O)CNC(=O)[C@@H](N)Cc1ccccc1)[C@@H](C)O)C(=O)N[C@@H](CCCCN)C(=O)N[C@@H](CCCN=C(N)N)C(=O)O. The third-order valence-electron chi connectivity index (χ3n) is 13.8. The van der Waals surface area contributed by atoms with Gasteiger partial charge in [-0.15, -0.1) is 0 Å². The molecule has 0 radical (unpaired) electrons. The summed E-state index contributed by atoms with van der Waals surface area (Å²) in [7, 11) is 0. The zero-order valence-electron chi connectivity index (χ0n) is 52.1. The number of unbranched alkanes of at least 4 members (excludes halogenated alkanes) is 1. The molecule has 0 heterocycles. The van der Waals surface area contributed by atoms with Gasteiger partial charge in [0.2, 0.25) is 65.0 Å². The number of hydrogen-bond acceptors (Lipinski definition) is 18. The van der Waals surface area contributed by atoms with E-state index in [-0.39, 0.29) is 95.3 Å². The maximum absolute atomic E-state index is 14.3. The number of primary amides is 1. The lowest BCUT2D eigenvalue weighted by molar-refractivity contribution is -0.142. The summed E-state index contributed by atoms with van der Waals surface area (Å²) < 4.78 is 0. The molecule has 0 fully saturated rings. The summed E-state index contributed by atoms with van der Waals surface area (Å²) in [5.41, 5.74) is 39.4. The largest absolute Gasteiger partial charge is 0.481 e. The van der Waals surface area contributed by atoms with Gasteiger partial charge in [-0.3, -0.25) is 67.5 Å². The second-order valence-corrected chi connectivity index (χ2v) is 22.1. The number of carbonyl (C=O) groups excluding carboxylic acids is 11. The average molecular weight is 1290 g/mol. The van der Waals surface area contributed by atoms with Crippen molar-refractivity contribution in [3.8, 4) is 0 Å². The number of aliphatic imine (C=N–C) groups is 2. The first-order valence-electron chi connectivity index (χ1n) is 29.8. The summed E-state index contributed by atoms with van der Waals surface area (Å²) in [5, 5.41) is 54.5. The Hall–Kier alpha value is -9.25. The van der Waals surface area contributed by atoms with Gasteiger partial charge in [-0.05, 0) is 95.1 Å². The summed E-state index contributed by atoms with van der Waals surface area (Å²) in [5.74, 6) is -15.2. The van der Waals surface area contributed by atoms with Crippen LogP contribution in [-0.4, -0.2) is 197 Å². The molecule has 11 atom stereocenters. The Kier molecular flexibility index (Phi) is 37.4. The Bertz CT molecular complexity index is 2660. The molecule has 0 saturated carbocycles. The van der Waals surface area contributed by atoms with Crippen molar-refractivity contribution in [2.24, 2.45) is 62.0 Å². The van der Waals surface area contributed by atoms with Crippen LogP contribution in [0.5, 0.6) is 0 Å². The van der Waals surface area contributed by atoms with Crippen LogP contribution in [0.15, 0.2) is 40.3 Å². The minimum Gasteiger partial charge on any atom is -0.481 e. The van der Waals surface area contributed by atoms with Gasteiger partial charge in [0, 0.05) is 19.5 Å². The number of aliphatic hydroxyl groups is 1. The molecule has 0 spiro atoms. The predicted molar refractivity (Wildman–Crippen MR) is 331 cm³/mol. The van der Waals surface area contributed by atoms with E-state index in [2.05, 4.69) is 63.2 Å². The van der Waals surface area contributed by atoms with Gasteiger partial charge in [0.1, 0.15) is 48.3 Å². The van der Waals surface area contributed by atoms with E-state index in [4.69, 9.17) is 40.1 Å². The molecule has 0 aliphatic rings. The number of carboxylic acid groups (broad SMARTS) is 2. The maximum atomic E-state index is 14.3. The second-order valence-electron chi connectivity index (χ2n) is 22.1. The van der Waals surface area contributed by atoms with Crippen LogP contribution in [0, 0.1) is 11.8 Å². The van der Waals surface area contributed by atoms with Crippen LogP contribution in [0.4, 0.5) is 0 Å². The molecule has 91 heavy (non-hydrogen) atoms. The summed E-state index contributed by atoms with van der Waals surface area (Å²) in [6.07, 6.45) is -2.65. The van der Waals surface area contributed by atoms with E-state index >= 15 is 0 Å². The van der Waals surface area contributed by atoms with Crippen LogP contribution in [-0.2, 0) is 68.7 Å². The van der Waals surface area contributed by atoms with Crippen LogP contribution in [0.2, 0.25) is 0 Å². The molecule has 0 aliphatic carbocycles. The van der Waals surface area contributed by atoms with Crippen molar-refractivity contribution in [2.75, 3.05) is 32.7 Å². The maximum Gasteiger partial charge on any atom is 0.326 e. The first-order valence-corrected chi connectivity index (χ1v) is 29.8. The minimum atomic E-state index is -1.90. The van der Waals surface area contributed by atoms with Crippen LogP contribution in [0.3, 0.4) is 0 Å². The highest BCUT2D eigenvalue weighted by Gasteiger charge is 2.37. The van der Waals surface area contributed by atoms with Crippen molar-refractivity contribution in [1.29, 1.82) is 0 Å². The zero-order valence-corrected chi connectivity index (χ0v) is 52.1. The number of nitrogens with one attached hydrogen (secondary N) is 10. The molecule has 35 nitrogen and oxygen atoms in total. The van der Waals surface area contributed by atoms with E-state index in [1.54, 1.807) is 58.0 Å². The number of guanidine groups is 2. The molecule has 0 bridgehead atoms. The predicted octanol–water partition coefficient (Wildman–Crippen LogP) is -6.80. The molecule has 0 aliphatic heterocycles. The molecule has 35 heteroatoms. The number of amides is 11. The molecule has 11 amide bonds. The van der Waals surface area contributed by atoms with Crippen LogP contribution in [0.1, 0.15) is 117 Å². The highest BCUT2D eigenvalue weighted by atomic mass is 16.4. The van der Waals surface area contributed by atoms with Crippen LogP contribution >= 0.6 is 0 Å². The molecular weight excluding hydrogens is 1190 g/mol. The third-order valence-corrected chi connectivity index (χ3v) is 13.8. The topological polar surface area (TPSA) is 610 Å². The van der Waals surface area contributed by atoms with Gasteiger partial charge in [-0.1, -0.05) is 64.4 Å². The van der Waals surface area contributed by atoms with E-state index in [1.165, 1.54) is 0 Å². The Morgan fingerprint density at radius 2 is 0.978 bits per heavy atom. The second kappa shape index (κ2) is 42.6. The first-order chi connectivity index (χ1) is 42.8. The van der Waals surface area contributed by atoms with Crippen LogP contribution < -0.4 is 93.3 Å². The summed E-state index contributed by atoms with van der Waals surface area (Å²) in [4.78, 5) is 180. The number of benzene rings is 1. The third kappa shape index (κ3) is 33.2. The van der Waals surface area contributed by atoms with E-state index in [1.807, 2.05) is 0 Å². The zero-order chi connectivity index (χ0) is 68.9. The Morgan fingerprint density at radius 1 is 0.516 bits per heavy atom. The lowest BCUT2D eigenvalue weighted by Crippen LogP contribution is -2.61. The lowest BCUT2D eigenvalue weighted by Gasteiger charge is -2.29. The number of nitrogens with two attached hydrogens (primary N) is 7. The smallest absolute Gasteiger partial charge is 0.326 e. The molecule has 0 aromatic heterocycles. The monoisotopic (exact) mass is 1290 g/mol. The van der Waals surface area contributed by atoms with Gasteiger partial charge in [0.05, 0.1) is 31.7 Å². The highest BCUT2D eigenvalue weighted by molar-refractivity contribution is 5.99. The van der Waals surface area contributed by atoms with Gasteiger partial charge in [0.15, 0.2) is 11.9 Å². The van der Waals surface area contributed by atoms with Crippen molar-refractivity contribution in [3.05, 3.63) is 35.9 Å². The molecule has 510 valence electrons. The van der Waals surface area contributed by atoms with Gasteiger partial charge in [-0.25, -0.2) is 4.79 Å². The highest BCUT2D eigenvalue weighted by Crippen LogP contribution is 2.14. The summed E-state index contributed by atoms with van der Waals surface area (Å²) in [6, 6.07) is -4.76. The minimum absolute atomic E-state index is 0.00619. The number of aliphatic hydroxyl groups excluding tert-OH is 1. The van der Waals surface area contributed by atoms with Crippen molar-refractivity contribution >= 4 is 88.8 Å². The standard InChI is InChI=1S/C56H95N19O16/c1-6-30(4)44(52(88)69-34(16-10-11-21-57)48(84)71-37(54(90)91)18-13-23-65-56(62)63)75-51(87)39(26-43(80)81)73-50(86)38(24-29(2)3)72-49(85)35(17-12-22-64-55(60)61)70-53(89)45(31(5)76)74-42(79)28-67-47(83)36(19-20-40(59)77)68-41(78)27-66-46(82)33(58)25-32-14-8-7-9-15-32/h7-9,14-15,29-31,33-39,44-45,76H,6,10-13,16-28,57-58H2,1-5H3,(H2,59,77)(H,66,82)(H,67,83)(H,68,78)(H,69,88)(H,70,89)(H,71,84)(H,72,85)(H,73,86)(H,74,79)(H,75,87)(H,80,81)(H,90,91)(H4,60,61,64)(H4,62,63,65)/t30-,31+,33-,34-,35-,36-,37-,38-,39-,44-,45-/m0/s1. The van der Waals surface area contributed by atoms with E-state index < -0.39 is 169 Å². The molecule has 27 N–H and O–H groups in total. The normalized spacial score (nSPS) is 14.6. The fourth-order valence-corrected chi connectivity index (χ4v) is 8.66. The molecular formula is C56H95N19O16. The first kappa shape index (κ1) is 79.8. The lowest BCUT2D eigenvalue weighted by atomic mass is 9.96. The van der Waals surface area contributed by atoms with Crippen molar-refractivity contribution in [3.63, 3.8) is 0 Å². The fraction of sp³-hybridized carbons (Fsp3) is 0.625. The number of carboxylic acids is 2. The Labute approximate surface area is 527 Å². The number of hydrogen-bond donors (Lipinski definition) is 20. The van der Waals surface area contributed by atoms with Crippen molar-refractivity contribution in [1.82, 2.24) is 53.2 Å². The number of rotatable bonds is 45. The molecule has 0 saturated heterocycles. The van der Waals surface area contributed by atoms with Gasteiger partial charge in [-0.2, -0.15) is 0 Å². The fourth-order valence-electron chi connectivity index (χ4n) is 8.66. The van der Waals surface area contributed by atoms with Crippen LogP contribution in [0.25, 0.3) is 0 Å². The number of carbonyl (C=O) groups is 13. The number of aliphatic carboxylic acids is 2. The quantitative estimate of drug-likeness (QED) is 0.0164. The van der Waals surface area contributed by atoms with Gasteiger partial charge in [0.25, 0.3) is 0 Å². The Morgan fingerprint density at radius 3 is 1.47 bits per heavy atom. The Balaban J connectivity index is 3.40. The van der Waals surface area contributed by atoms with E-state index in [9.17, 15) is 77.6 Å². The van der Waals surface area contributed by atoms with Crippen molar-refractivity contribution in [2.45, 2.75) is 179 Å². The summed E-state index contributed by atoms with van der Waals surface area (Å²) in [6.45, 7) is 6.41.